The van der Waals surface area contributed by atoms with E-state index in [2.05, 4.69) is 4.99 Å². The van der Waals surface area contributed by atoms with E-state index in [1.807, 2.05) is 0 Å². The first-order chi connectivity index (χ1) is 11.9. The first-order valence-electron chi connectivity index (χ1n) is 7.38. The molecule has 1 amide bonds. The number of thioether (sulfide) groups is 1. The minimum Gasteiger partial charge on any atom is -0.320 e. The van der Waals surface area contributed by atoms with E-state index in [0.29, 0.717) is 6.42 Å². The molecule has 1 aromatic carbocycles. The number of amidine groups is 1. The molecule has 0 N–H and O–H groups in total. The highest BCUT2D eigenvalue weighted by Gasteiger charge is 2.46. The summed E-state index contributed by atoms with van der Waals surface area (Å²) in [5.74, 6) is -2.03. The molecule has 1 aliphatic rings. The predicted octanol–water partition coefficient (Wildman–Crippen LogP) is 4.82. The summed E-state index contributed by atoms with van der Waals surface area (Å²) in [4.78, 5) is 15.8. The van der Waals surface area contributed by atoms with E-state index in [0.717, 1.165) is 30.0 Å². The molecule has 0 spiro atoms. The second-order valence-electron chi connectivity index (χ2n) is 5.44. The van der Waals surface area contributed by atoms with Crippen LogP contribution in [0.25, 0.3) is 0 Å². The number of anilines is 1. The minimum atomic E-state index is -5.39. The van der Waals surface area contributed by atoms with Crippen LogP contribution in [0.2, 0.25) is 0 Å². The van der Waals surface area contributed by atoms with E-state index in [-0.39, 0.29) is 22.6 Å². The quantitative estimate of drug-likeness (QED) is 0.680. The topological polar surface area (TPSA) is 32.7 Å². The summed E-state index contributed by atoms with van der Waals surface area (Å²) < 4.78 is 88.6. The largest absolute Gasteiger partial charge is 0.428 e. The average Bonchev–Trinajstić information content (AvgIpc) is 2.95. The first kappa shape index (κ1) is 20.5. The normalized spacial score (nSPS) is 21.3. The number of carbonyl (C=O) groups excluding carboxylic acids is 1. The van der Waals surface area contributed by atoms with Crippen LogP contribution in [-0.2, 0) is 11.0 Å². The maximum atomic E-state index is 13.1. The van der Waals surface area contributed by atoms with Crippen molar-refractivity contribution >= 4 is 28.5 Å². The Morgan fingerprint density at radius 1 is 1.31 bits per heavy atom. The average molecular weight is 402 g/mol. The molecule has 1 aliphatic heterocycles. The molecule has 3 nitrogen and oxygen atoms in total. The lowest BCUT2D eigenvalue weighted by Gasteiger charge is -2.20. The van der Waals surface area contributed by atoms with Crippen molar-refractivity contribution in [2.45, 2.75) is 37.1 Å². The summed E-state index contributed by atoms with van der Waals surface area (Å²) in [6.45, 7) is 1.90. The van der Waals surface area contributed by atoms with E-state index in [9.17, 15) is 35.5 Å². The smallest absolute Gasteiger partial charge is 0.320 e. The molecule has 2 unspecified atom stereocenters. The highest BCUT2D eigenvalue weighted by atomic mass is 32.2. The van der Waals surface area contributed by atoms with Crippen LogP contribution < -0.4 is 4.90 Å². The van der Waals surface area contributed by atoms with E-state index in [4.69, 9.17) is 0 Å². The fraction of sp³-hybridized carbons (Fsp3) is 0.467. The maximum absolute atomic E-state index is 13.1. The maximum Gasteiger partial charge on any atom is 0.428 e. The highest BCUT2D eigenvalue weighted by molar-refractivity contribution is 8.15. The number of carbonyl (C=O) groups is 1. The zero-order chi connectivity index (χ0) is 19.7. The van der Waals surface area contributed by atoms with Crippen molar-refractivity contribution in [3.63, 3.8) is 0 Å². The van der Waals surface area contributed by atoms with E-state index in [1.165, 1.54) is 11.0 Å². The third-order valence-corrected chi connectivity index (χ3v) is 4.88. The van der Waals surface area contributed by atoms with E-state index < -0.39 is 30.0 Å². The summed E-state index contributed by atoms with van der Waals surface area (Å²) in [6.07, 6.45) is -13.2. The van der Waals surface area contributed by atoms with Gasteiger partial charge in [0, 0.05) is 17.5 Å². The van der Waals surface area contributed by atoms with Gasteiger partial charge < -0.3 is 4.90 Å². The molecule has 1 aromatic rings. The number of aliphatic imine (C=N–C) groups is 1. The van der Waals surface area contributed by atoms with Gasteiger partial charge in [-0.2, -0.15) is 31.3 Å². The van der Waals surface area contributed by atoms with Gasteiger partial charge in [-0.1, -0.05) is 24.8 Å². The van der Waals surface area contributed by atoms with Crippen molar-refractivity contribution in [1.82, 2.24) is 0 Å². The van der Waals surface area contributed by atoms with Crippen LogP contribution in [0.1, 0.15) is 18.9 Å². The van der Waals surface area contributed by atoms with Crippen LogP contribution >= 0.6 is 11.8 Å². The van der Waals surface area contributed by atoms with Crippen LogP contribution in [0.15, 0.2) is 29.3 Å². The summed E-state index contributed by atoms with van der Waals surface area (Å²) in [5.41, 5.74) is -0.943. The van der Waals surface area contributed by atoms with Gasteiger partial charge in [-0.25, -0.2) is 4.39 Å². The van der Waals surface area contributed by atoms with Gasteiger partial charge in [-0.05, 0) is 24.6 Å². The third kappa shape index (κ3) is 4.68. The fourth-order valence-electron chi connectivity index (χ4n) is 2.19. The van der Waals surface area contributed by atoms with E-state index in [1.54, 1.807) is 6.92 Å². The van der Waals surface area contributed by atoms with Crippen molar-refractivity contribution in [3.05, 3.63) is 29.8 Å². The van der Waals surface area contributed by atoms with Gasteiger partial charge in [0.2, 0.25) is 0 Å². The number of halogens is 7. The van der Waals surface area contributed by atoms with Gasteiger partial charge in [0.25, 0.3) is 12.1 Å². The predicted molar refractivity (Wildman–Crippen MR) is 83.9 cm³/mol. The molecule has 11 heteroatoms. The highest BCUT2D eigenvalue weighted by Crippen LogP contribution is 2.36. The second kappa shape index (κ2) is 7.45. The Labute approximate surface area is 148 Å². The Morgan fingerprint density at radius 3 is 2.50 bits per heavy atom. The molecule has 1 heterocycles. The SMILES string of the molecule is CCC1CN(c2cccc(C(F)(F)F)c2)C(=NC(=O)C(F)C(F)(F)F)S1. The molecular formula is C15H13F7N2OS. The molecule has 0 saturated carbocycles. The zero-order valence-corrected chi connectivity index (χ0v) is 14.1. The molecule has 2 atom stereocenters. The van der Waals surface area contributed by atoms with Crippen molar-refractivity contribution in [2.24, 2.45) is 4.99 Å². The number of nitrogens with zero attached hydrogens (tertiary/aromatic N) is 2. The van der Waals surface area contributed by atoms with Gasteiger partial charge in [0.15, 0.2) is 5.17 Å². The number of hydrogen-bond donors (Lipinski definition) is 0. The molecule has 26 heavy (non-hydrogen) atoms. The van der Waals surface area contributed by atoms with Crippen LogP contribution in [0.4, 0.5) is 36.4 Å². The van der Waals surface area contributed by atoms with Crippen LogP contribution in [0.3, 0.4) is 0 Å². The molecule has 0 aromatic heterocycles. The lowest BCUT2D eigenvalue weighted by molar-refractivity contribution is -0.184. The van der Waals surface area contributed by atoms with Crippen LogP contribution in [0, 0.1) is 0 Å². The fourth-order valence-corrected chi connectivity index (χ4v) is 3.33. The summed E-state index contributed by atoms with van der Waals surface area (Å²) in [7, 11) is 0. The molecule has 2 rings (SSSR count). The molecule has 144 valence electrons. The van der Waals surface area contributed by atoms with Crippen molar-refractivity contribution in [3.8, 4) is 0 Å². The standard InChI is InChI=1S/C15H13F7N2OS/c1-2-10-7-24(9-5-3-4-8(6-9)14(17,18)19)13(26-10)23-12(25)11(16)15(20,21)22/h3-6,10-11H,2,7H2,1H3. The summed E-state index contributed by atoms with van der Waals surface area (Å²) >= 11 is 0.923. The minimum absolute atomic E-state index is 0.0113. The van der Waals surface area contributed by atoms with Gasteiger partial charge >= 0.3 is 12.4 Å². The van der Waals surface area contributed by atoms with Crippen molar-refractivity contribution < 1.29 is 35.5 Å². The zero-order valence-electron chi connectivity index (χ0n) is 13.2. The van der Waals surface area contributed by atoms with Crippen molar-refractivity contribution in [2.75, 3.05) is 11.4 Å². The lowest BCUT2D eigenvalue weighted by Crippen LogP contribution is -2.33. The summed E-state index contributed by atoms with van der Waals surface area (Å²) in [6, 6.07) is 4.09. The summed E-state index contributed by atoms with van der Waals surface area (Å²) in [5, 5.41) is -0.465. The van der Waals surface area contributed by atoms with Gasteiger partial charge in [-0.3, -0.25) is 4.79 Å². The monoisotopic (exact) mass is 402 g/mol. The Kier molecular flexibility index (Phi) is 5.89. The number of alkyl halides is 7. The molecular weight excluding hydrogens is 389 g/mol. The molecule has 1 fully saturated rings. The first-order valence-corrected chi connectivity index (χ1v) is 8.26. The van der Waals surface area contributed by atoms with Crippen LogP contribution in [-0.4, -0.2) is 35.2 Å². The Hall–Kier alpha value is -1.78. The van der Waals surface area contributed by atoms with Gasteiger partial charge in [-0.15, -0.1) is 0 Å². The molecule has 0 bridgehead atoms. The Morgan fingerprint density at radius 2 is 1.96 bits per heavy atom. The van der Waals surface area contributed by atoms with Crippen LogP contribution in [0.5, 0.6) is 0 Å². The number of hydrogen-bond acceptors (Lipinski definition) is 2. The molecule has 0 radical (unpaired) electrons. The van der Waals surface area contributed by atoms with Gasteiger partial charge in [0.1, 0.15) is 0 Å². The number of rotatable bonds is 3. The molecule has 0 aliphatic carbocycles. The van der Waals surface area contributed by atoms with Gasteiger partial charge in [0.05, 0.1) is 5.56 Å². The van der Waals surface area contributed by atoms with Crippen molar-refractivity contribution in [1.29, 1.82) is 0 Å². The number of benzene rings is 1. The number of amides is 1. The second-order valence-corrected chi connectivity index (χ2v) is 6.71. The lowest BCUT2D eigenvalue weighted by atomic mass is 10.1. The Bertz CT molecular complexity index is 702. The third-order valence-electron chi connectivity index (χ3n) is 3.54. The Balaban J connectivity index is 2.37. The van der Waals surface area contributed by atoms with E-state index >= 15 is 0 Å². The molecule has 1 saturated heterocycles.